The van der Waals surface area contributed by atoms with Crippen molar-refractivity contribution in [2.24, 2.45) is 11.7 Å². The minimum atomic E-state index is -0.786. The van der Waals surface area contributed by atoms with Gasteiger partial charge in [-0.2, -0.15) is 0 Å². The molecule has 1 unspecified atom stereocenters. The Morgan fingerprint density at radius 3 is 2.80 bits per heavy atom. The SMILES string of the molecule is CCCc1nc2ccccc2n1CC(O)(CN)C1CC1. The number of benzene rings is 1. The third kappa shape index (κ3) is 2.34. The minimum absolute atomic E-state index is 0.315. The number of imidazole rings is 1. The van der Waals surface area contributed by atoms with Gasteiger partial charge in [-0.25, -0.2) is 4.98 Å². The molecule has 0 aliphatic heterocycles. The first-order chi connectivity index (χ1) is 9.68. The number of nitrogens with zero attached hydrogens (tertiary/aromatic N) is 2. The van der Waals surface area contributed by atoms with Crippen LogP contribution < -0.4 is 5.73 Å². The smallest absolute Gasteiger partial charge is 0.109 e. The molecule has 0 amide bonds. The van der Waals surface area contributed by atoms with Crippen molar-refractivity contribution < 1.29 is 5.11 Å². The third-order valence-corrected chi connectivity index (χ3v) is 4.33. The second kappa shape index (κ2) is 5.19. The van der Waals surface area contributed by atoms with E-state index in [-0.39, 0.29) is 0 Å². The van der Waals surface area contributed by atoms with Gasteiger partial charge in [0.15, 0.2) is 0 Å². The predicted molar refractivity (Wildman–Crippen MR) is 80.5 cm³/mol. The topological polar surface area (TPSA) is 64.1 Å². The Kier molecular flexibility index (Phi) is 3.52. The molecule has 1 aromatic carbocycles. The van der Waals surface area contributed by atoms with Gasteiger partial charge in [0.2, 0.25) is 0 Å². The van der Waals surface area contributed by atoms with E-state index >= 15 is 0 Å². The first-order valence-corrected chi connectivity index (χ1v) is 7.54. The lowest BCUT2D eigenvalue weighted by Crippen LogP contribution is -2.44. The summed E-state index contributed by atoms with van der Waals surface area (Å²) in [5.74, 6) is 1.41. The van der Waals surface area contributed by atoms with Crippen molar-refractivity contribution in [1.29, 1.82) is 0 Å². The minimum Gasteiger partial charge on any atom is -0.386 e. The average Bonchev–Trinajstić information content (AvgIpc) is 3.26. The molecule has 2 aromatic rings. The molecule has 108 valence electrons. The van der Waals surface area contributed by atoms with Crippen LogP contribution in [0.25, 0.3) is 11.0 Å². The van der Waals surface area contributed by atoms with E-state index in [1.54, 1.807) is 0 Å². The number of hydrogen-bond donors (Lipinski definition) is 2. The van der Waals surface area contributed by atoms with Crippen molar-refractivity contribution in [3.05, 3.63) is 30.1 Å². The summed E-state index contributed by atoms with van der Waals surface area (Å²) in [7, 11) is 0. The van der Waals surface area contributed by atoms with Crippen molar-refractivity contribution >= 4 is 11.0 Å². The molecule has 1 heterocycles. The molecule has 3 rings (SSSR count). The number of para-hydroxylation sites is 2. The van der Waals surface area contributed by atoms with E-state index < -0.39 is 5.60 Å². The zero-order valence-corrected chi connectivity index (χ0v) is 12.0. The van der Waals surface area contributed by atoms with Crippen LogP contribution in [0.3, 0.4) is 0 Å². The quantitative estimate of drug-likeness (QED) is 0.847. The first-order valence-electron chi connectivity index (χ1n) is 7.54. The monoisotopic (exact) mass is 273 g/mol. The van der Waals surface area contributed by atoms with E-state index in [1.165, 1.54) is 0 Å². The molecule has 20 heavy (non-hydrogen) atoms. The Morgan fingerprint density at radius 1 is 1.40 bits per heavy atom. The van der Waals surface area contributed by atoms with Gasteiger partial charge in [-0.15, -0.1) is 0 Å². The van der Waals surface area contributed by atoms with Crippen molar-refractivity contribution in [3.8, 4) is 0 Å². The van der Waals surface area contributed by atoms with Gasteiger partial charge < -0.3 is 15.4 Å². The molecule has 0 radical (unpaired) electrons. The fourth-order valence-corrected chi connectivity index (χ4v) is 2.97. The van der Waals surface area contributed by atoms with Gasteiger partial charge in [0.05, 0.1) is 23.2 Å². The third-order valence-electron chi connectivity index (χ3n) is 4.33. The summed E-state index contributed by atoms with van der Waals surface area (Å²) in [6.07, 6.45) is 4.15. The molecule has 0 spiro atoms. The van der Waals surface area contributed by atoms with Crippen LogP contribution in [-0.4, -0.2) is 26.8 Å². The highest BCUT2D eigenvalue weighted by Crippen LogP contribution is 2.40. The zero-order valence-electron chi connectivity index (χ0n) is 12.0. The number of aryl methyl sites for hydroxylation is 1. The molecule has 4 nitrogen and oxygen atoms in total. The fraction of sp³-hybridized carbons (Fsp3) is 0.562. The molecular formula is C16H23N3O. The highest BCUT2D eigenvalue weighted by atomic mass is 16.3. The number of hydrogen-bond acceptors (Lipinski definition) is 3. The molecule has 1 aromatic heterocycles. The molecule has 1 aliphatic rings. The standard InChI is InChI=1S/C16H23N3O/c1-2-5-15-18-13-6-3-4-7-14(13)19(15)11-16(20,10-17)12-8-9-12/h3-4,6-7,12,20H,2,5,8-11,17H2,1H3. The Morgan fingerprint density at radius 2 is 2.15 bits per heavy atom. The molecule has 1 fully saturated rings. The predicted octanol–water partition coefficient (Wildman–Crippen LogP) is 2.09. The van der Waals surface area contributed by atoms with E-state index in [4.69, 9.17) is 10.7 Å². The number of aliphatic hydroxyl groups is 1. The van der Waals surface area contributed by atoms with Gasteiger partial charge >= 0.3 is 0 Å². The summed E-state index contributed by atoms with van der Waals surface area (Å²) >= 11 is 0. The van der Waals surface area contributed by atoms with Gasteiger partial charge in [-0.3, -0.25) is 0 Å². The summed E-state index contributed by atoms with van der Waals surface area (Å²) in [6.45, 7) is 3.03. The molecule has 1 saturated carbocycles. The Bertz CT molecular complexity index is 603. The molecule has 0 bridgehead atoms. The average molecular weight is 273 g/mol. The number of rotatable bonds is 6. The van der Waals surface area contributed by atoms with Crippen LogP contribution in [0.15, 0.2) is 24.3 Å². The van der Waals surface area contributed by atoms with Crippen molar-refractivity contribution in [2.45, 2.75) is 44.8 Å². The lowest BCUT2D eigenvalue weighted by atomic mass is 9.97. The van der Waals surface area contributed by atoms with Crippen LogP contribution in [0.4, 0.5) is 0 Å². The van der Waals surface area contributed by atoms with Gasteiger partial charge in [0.25, 0.3) is 0 Å². The maximum absolute atomic E-state index is 10.8. The Labute approximate surface area is 119 Å². The molecular weight excluding hydrogens is 250 g/mol. The highest BCUT2D eigenvalue weighted by molar-refractivity contribution is 5.75. The van der Waals surface area contributed by atoms with Crippen molar-refractivity contribution in [2.75, 3.05) is 6.54 Å². The van der Waals surface area contributed by atoms with E-state index in [1.807, 2.05) is 18.2 Å². The number of fused-ring (bicyclic) bond motifs is 1. The molecule has 4 heteroatoms. The van der Waals surface area contributed by atoms with E-state index in [0.717, 1.165) is 42.5 Å². The van der Waals surface area contributed by atoms with Gasteiger partial charge in [-0.05, 0) is 37.3 Å². The molecule has 3 N–H and O–H groups in total. The van der Waals surface area contributed by atoms with E-state index in [0.29, 0.717) is 19.0 Å². The lowest BCUT2D eigenvalue weighted by Gasteiger charge is -2.28. The molecule has 1 aliphatic carbocycles. The second-order valence-electron chi connectivity index (χ2n) is 5.93. The lowest BCUT2D eigenvalue weighted by molar-refractivity contribution is 0.00969. The van der Waals surface area contributed by atoms with Crippen LogP contribution in [0.1, 0.15) is 32.0 Å². The summed E-state index contributed by atoms with van der Waals surface area (Å²) in [6, 6.07) is 8.13. The molecule has 1 atom stereocenters. The van der Waals surface area contributed by atoms with Crippen LogP contribution in [-0.2, 0) is 13.0 Å². The Balaban J connectivity index is 2.01. The molecule has 0 saturated heterocycles. The number of nitrogens with two attached hydrogens (primary N) is 1. The summed E-state index contributed by atoms with van der Waals surface area (Å²) in [5, 5.41) is 10.8. The highest BCUT2D eigenvalue weighted by Gasteiger charge is 2.43. The van der Waals surface area contributed by atoms with Crippen molar-refractivity contribution in [1.82, 2.24) is 9.55 Å². The van der Waals surface area contributed by atoms with Gasteiger partial charge in [-0.1, -0.05) is 19.1 Å². The van der Waals surface area contributed by atoms with Crippen LogP contribution >= 0.6 is 0 Å². The van der Waals surface area contributed by atoms with Gasteiger partial charge in [0, 0.05) is 13.0 Å². The normalized spacial score (nSPS) is 18.4. The first kappa shape index (κ1) is 13.6. The summed E-state index contributed by atoms with van der Waals surface area (Å²) < 4.78 is 2.17. The van der Waals surface area contributed by atoms with Crippen LogP contribution in [0, 0.1) is 5.92 Å². The zero-order chi connectivity index (χ0) is 14.2. The summed E-state index contributed by atoms with van der Waals surface area (Å²) in [4.78, 5) is 4.71. The maximum atomic E-state index is 10.8. The van der Waals surface area contributed by atoms with Crippen molar-refractivity contribution in [3.63, 3.8) is 0 Å². The summed E-state index contributed by atoms with van der Waals surface area (Å²) in [5.41, 5.74) is 7.17. The second-order valence-corrected chi connectivity index (χ2v) is 5.93. The van der Waals surface area contributed by atoms with Gasteiger partial charge in [0.1, 0.15) is 5.82 Å². The van der Waals surface area contributed by atoms with E-state index in [9.17, 15) is 5.11 Å². The van der Waals surface area contributed by atoms with Crippen LogP contribution in [0.2, 0.25) is 0 Å². The van der Waals surface area contributed by atoms with Crippen LogP contribution in [0.5, 0.6) is 0 Å². The number of aromatic nitrogens is 2. The maximum Gasteiger partial charge on any atom is 0.109 e. The Hall–Kier alpha value is -1.39. The largest absolute Gasteiger partial charge is 0.386 e. The van der Waals surface area contributed by atoms with E-state index in [2.05, 4.69) is 17.6 Å². The fourth-order valence-electron chi connectivity index (χ4n) is 2.97.